The zero-order chi connectivity index (χ0) is 15.8. The molecule has 0 saturated carbocycles. The van der Waals surface area contributed by atoms with Gasteiger partial charge in [-0.3, -0.25) is 4.79 Å². The van der Waals surface area contributed by atoms with E-state index < -0.39 is 0 Å². The average Bonchev–Trinajstić information content (AvgIpc) is 2.54. The third-order valence-electron chi connectivity index (χ3n) is 3.11. The van der Waals surface area contributed by atoms with Crippen molar-refractivity contribution in [2.45, 2.75) is 6.42 Å². The lowest BCUT2D eigenvalue weighted by Crippen LogP contribution is -2.29. The number of nitrogens with one attached hydrogen (secondary N) is 2. The number of anilines is 1. The lowest BCUT2D eigenvalue weighted by Gasteiger charge is -2.08. The molecule has 0 saturated heterocycles. The van der Waals surface area contributed by atoms with E-state index in [4.69, 9.17) is 5.26 Å². The summed E-state index contributed by atoms with van der Waals surface area (Å²) in [5.74, 6) is -0.464. The van der Waals surface area contributed by atoms with E-state index >= 15 is 0 Å². The van der Waals surface area contributed by atoms with Gasteiger partial charge < -0.3 is 10.6 Å². The second-order valence-electron chi connectivity index (χ2n) is 4.76. The Morgan fingerprint density at radius 3 is 2.59 bits per heavy atom. The molecule has 0 heterocycles. The van der Waals surface area contributed by atoms with E-state index in [1.54, 1.807) is 36.4 Å². The zero-order valence-electron chi connectivity index (χ0n) is 12.0. The lowest BCUT2D eigenvalue weighted by atomic mass is 10.1. The fourth-order valence-electron chi connectivity index (χ4n) is 1.97. The van der Waals surface area contributed by atoms with Crippen molar-refractivity contribution in [2.75, 3.05) is 18.4 Å². The smallest absolute Gasteiger partial charge is 0.238 e. The SMILES string of the molecule is N#Cc1ccccc1NC(=O)CNCCc1ccc(F)cc1. The van der Waals surface area contributed by atoms with Crippen LogP contribution < -0.4 is 10.6 Å². The predicted octanol–water partition coefficient (Wildman–Crippen LogP) is 2.47. The number of carbonyl (C=O) groups excluding carboxylic acids is 1. The summed E-state index contributed by atoms with van der Waals surface area (Å²) in [6.07, 6.45) is 0.711. The minimum Gasteiger partial charge on any atom is -0.324 e. The maximum absolute atomic E-state index is 12.8. The molecule has 0 unspecified atom stereocenters. The molecule has 0 aromatic heterocycles. The summed E-state index contributed by atoms with van der Waals surface area (Å²) < 4.78 is 12.8. The van der Waals surface area contributed by atoms with Crippen LogP contribution in [-0.2, 0) is 11.2 Å². The Kier molecular flexibility index (Phi) is 5.64. The first-order chi connectivity index (χ1) is 10.7. The molecule has 2 aromatic carbocycles. The van der Waals surface area contributed by atoms with Crippen molar-refractivity contribution in [3.63, 3.8) is 0 Å². The maximum Gasteiger partial charge on any atom is 0.238 e. The van der Waals surface area contributed by atoms with E-state index in [1.165, 1.54) is 12.1 Å². The summed E-state index contributed by atoms with van der Waals surface area (Å²) >= 11 is 0. The van der Waals surface area contributed by atoms with Crippen molar-refractivity contribution in [1.82, 2.24) is 5.32 Å². The monoisotopic (exact) mass is 297 g/mol. The highest BCUT2D eigenvalue weighted by atomic mass is 19.1. The van der Waals surface area contributed by atoms with Crippen LogP contribution >= 0.6 is 0 Å². The largest absolute Gasteiger partial charge is 0.324 e. The average molecular weight is 297 g/mol. The molecule has 0 bridgehead atoms. The van der Waals surface area contributed by atoms with Gasteiger partial charge in [0.2, 0.25) is 5.91 Å². The minimum absolute atomic E-state index is 0.154. The van der Waals surface area contributed by atoms with Crippen LogP contribution in [0.15, 0.2) is 48.5 Å². The lowest BCUT2D eigenvalue weighted by molar-refractivity contribution is -0.115. The third kappa shape index (κ3) is 4.69. The molecule has 4 nitrogen and oxygen atoms in total. The number of halogens is 1. The molecule has 0 radical (unpaired) electrons. The summed E-state index contributed by atoms with van der Waals surface area (Å²) in [7, 11) is 0. The highest BCUT2D eigenvalue weighted by Crippen LogP contribution is 2.12. The van der Waals surface area contributed by atoms with Gasteiger partial charge in [0.15, 0.2) is 0 Å². The van der Waals surface area contributed by atoms with Crippen molar-refractivity contribution >= 4 is 11.6 Å². The number of amides is 1. The summed E-state index contributed by atoms with van der Waals surface area (Å²) in [6.45, 7) is 0.764. The molecule has 1 amide bonds. The topological polar surface area (TPSA) is 64.9 Å². The second kappa shape index (κ2) is 7.91. The first kappa shape index (κ1) is 15.7. The number of carbonyl (C=O) groups is 1. The molecule has 2 rings (SSSR count). The van der Waals surface area contributed by atoms with Crippen molar-refractivity contribution < 1.29 is 9.18 Å². The molecule has 0 aliphatic heterocycles. The number of nitrogens with zero attached hydrogens (tertiary/aromatic N) is 1. The standard InChI is InChI=1S/C17H16FN3O/c18-15-7-5-13(6-8-15)9-10-20-12-17(22)21-16-4-2-1-3-14(16)11-19/h1-8,20H,9-10,12H2,(H,21,22). The van der Waals surface area contributed by atoms with Gasteiger partial charge in [-0.25, -0.2) is 4.39 Å². The van der Waals surface area contributed by atoms with Gasteiger partial charge in [-0.2, -0.15) is 5.26 Å². The Morgan fingerprint density at radius 1 is 1.14 bits per heavy atom. The van der Waals surface area contributed by atoms with Gasteiger partial charge in [0.1, 0.15) is 11.9 Å². The highest BCUT2D eigenvalue weighted by Gasteiger charge is 2.05. The van der Waals surface area contributed by atoms with Crippen LogP contribution in [0.1, 0.15) is 11.1 Å². The fourth-order valence-corrected chi connectivity index (χ4v) is 1.97. The molecule has 0 aliphatic rings. The number of hydrogen-bond acceptors (Lipinski definition) is 3. The van der Waals surface area contributed by atoms with Crippen molar-refractivity contribution in [2.24, 2.45) is 0 Å². The van der Waals surface area contributed by atoms with E-state index in [9.17, 15) is 9.18 Å². The van der Waals surface area contributed by atoms with Crippen LogP contribution in [0.3, 0.4) is 0 Å². The number of rotatable bonds is 6. The molecule has 112 valence electrons. The molecule has 0 atom stereocenters. The Morgan fingerprint density at radius 2 is 1.86 bits per heavy atom. The van der Waals surface area contributed by atoms with E-state index in [2.05, 4.69) is 10.6 Å². The summed E-state index contributed by atoms with van der Waals surface area (Å²) in [6, 6.07) is 15.2. The van der Waals surface area contributed by atoms with Gasteiger partial charge in [0.25, 0.3) is 0 Å². The van der Waals surface area contributed by atoms with Gasteiger partial charge in [0.05, 0.1) is 17.8 Å². The van der Waals surface area contributed by atoms with E-state index in [0.29, 0.717) is 24.2 Å². The van der Waals surface area contributed by atoms with Gasteiger partial charge >= 0.3 is 0 Å². The van der Waals surface area contributed by atoms with Gasteiger partial charge in [-0.15, -0.1) is 0 Å². The molecule has 5 heteroatoms. The fraction of sp³-hybridized carbons (Fsp3) is 0.176. The molecular formula is C17H16FN3O. The first-order valence-corrected chi connectivity index (χ1v) is 6.93. The normalized spacial score (nSPS) is 10.0. The van der Waals surface area contributed by atoms with Crippen LogP contribution in [0.25, 0.3) is 0 Å². The van der Waals surface area contributed by atoms with Crippen LogP contribution in [0.5, 0.6) is 0 Å². The van der Waals surface area contributed by atoms with Crippen LogP contribution in [-0.4, -0.2) is 19.0 Å². The van der Waals surface area contributed by atoms with Crippen molar-refractivity contribution in [3.05, 3.63) is 65.5 Å². The number of benzene rings is 2. The predicted molar refractivity (Wildman–Crippen MR) is 82.8 cm³/mol. The highest BCUT2D eigenvalue weighted by molar-refractivity contribution is 5.93. The van der Waals surface area contributed by atoms with E-state index in [-0.39, 0.29) is 18.3 Å². The minimum atomic E-state index is -0.257. The van der Waals surface area contributed by atoms with Crippen LogP contribution in [0.2, 0.25) is 0 Å². The van der Waals surface area contributed by atoms with Crippen molar-refractivity contribution in [1.29, 1.82) is 5.26 Å². The number of hydrogen-bond donors (Lipinski definition) is 2. The molecule has 0 fully saturated rings. The summed E-state index contributed by atoms with van der Waals surface area (Å²) in [4.78, 5) is 11.8. The van der Waals surface area contributed by atoms with Crippen LogP contribution in [0, 0.1) is 17.1 Å². The number of para-hydroxylation sites is 1. The van der Waals surface area contributed by atoms with Gasteiger partial charge in [-0.1, -0.05) is 24.3 Å². The van der Waals surface area contributed by atoms with Crippen molar-refractivity contribution in [3.8, 4) is 6.07 Å². The summed E-state index contributed by atoms with van der Waals surface area (Å²) in [5, 5.41) is 14.7. The van der Waals surface area contributed by atoms with E-state index in [1.807, 2.05) is 6.07 Å². The molecule has 22 heavy (non-hydrogen) atoms. The first-order valence-electron chi connectivity index (χ1n) is 6.93. The number of nitriles is 1. The molecular weight excluding hydrogens is 281 g/mol. The van der Waals surface area contributed by atoms with Gasteiger partial charge in [0, 0.05) is 0 Å². The quantitative estimate of drug-likeness (QED) is 0.805. The molecule has 2 aromatic rings. The third-order valence-corrected chi connectivity index (χ3v) is 3.11. The Labute approximate surface area is 128 Å². The molecule has 0 aliphatic carbocycles. The van der Waals surface area contributed by atoms with Crippen LogP contribution in [0.4, 0.5) is 10.1 Å². The Bertz CT molecular complexity index is 677. The Hall–Kier alpha value is -2.71. The second-order valence-corrected chi connectivity index (χ2v) is 4.76. The zero-order valence-corrected chi connectivity index (χ0v) is 12.0. The maximum atomic E-state index is 12.8. The van der Waals surface area contributed by atoms with E-state index in [0.717, 1.165) is 5.56 Å². The summed E-state index contributed by atoms with van der Waals surface area (Å²) in [5.41, 5.74) is 1.95. The molecule has 2 N–H and O–H groups in total. The Balaban J connectivity index is 1.74. The van der Waals surface area contributed by atoms with Gasteiger partial charge in [-0.05, 0) is 42.8 Å². The molecule has 0 spiro atoms.